The van der Waals surface area contributed by atoms with Gasteiger partial charge in [-0.25, -0.2) is 9.18 Å². The monoisotopic (exact) mass is 263 g/mol. The second-order valence-electron chi connectivity index (χ2n) is 4.05. The van der Waals surface area contributed by atoms with Crippen LogP contribution in [-0.4, -0.2) is 16.7 Å². The van der Waals surface area contributed by atoms with Crippen LogP contribution in [0.1, 0.15) is 5.56 Å². The molecule has 2 N–H and O–H groups in total. The number of hydrogen-bond acceptors (Lipinski definition) is 4. The number of nitrogen functional groups attached to an aromatic ring is 1. The minimum Gasteiger partial charge on any atom is -0.497 e. The molecule has 0 saturated carbocycles. The predicted octanol–water partition coefficient (Wildman–Crippen LogP) is 1.22. The summed E-state index contributed by atoms with van der Waals surface area (Å²) in [6.45, 7) is 0.343. The number of aryl methyl sites for hydroxylation is 2. The summed E-state index contributed by atoms with van der Waals surface area (Å²) in [5, 5.41) is 0. The Bertz CT molecular complexity index is 623. The Morgan fingerprint density at radius 2 is 2.05 bits per heavy atom. The van der Waals surface area contributed by atoms with Gasteiger partial charge in [0.25, 0.3) is 0 Å². The number of ether oxygens (including phenoxy) is 1. The second-order valence-corrected chi connectivity index (χ2v) is 4.05. The zero-order valence-corrected chi connectivity index (χ0v) is 10.5. The van der Waals surface area contributed by atoms with Gasteiger partial charge in [0, 0.05) is 12.7 Å². The highest BCUT2D eigenvalue weighted by Crippen LogP contribution is 2.12. The summed E-state index contributed by atoms with van der Waals surface area (Å²) >= 11 is 0. The summed E-state index contributed by atoms with van der Waals surface area (Å²) in [6, 6.07) is 7.45. The van der Waals surface area contributed by atoms with E-state index in [1.54, 1.807) is 7.11 Å². The Morgan fingerprint density at radius 1 is 1.37 bits per heavy atom. The number of halogens is 1. The number of rotatable bonds is 4. The van der Waals surface area contributed by atoms with Crippen molar-refractivity contribution in [3.8, 4) is 5.75 Å². The molecule has 2 rings (SSSR count). The van der Waals surface area contributed by atoms with Crippen molar-refractivity contribution in [2.45, 2.75) is 13.0 Å². The Morgan fingerprint density at radius 3 is 2.68 bits per heavy atom. The van der Waals surface area contributed by atoms with Crippen LogP contribution in [0.4, 0.5) is 10.2 Å². The lowest BCUT2D eigenvalue weighted by Crippen LogP contribution is -2.25. The molecule has 100 valence electrons. The van der Waals surface area contributed by atoms with Crippen LogP contribution in [0.2, 0.25) is 0 Å². The van der Waals surface area contributed by atoms with E-state index in [0.717, 1.165) is 17.5 Å². The van der Waals surface area contributed by atoms with Crippen LogP contribution < -0.4 is 16.2 Å². The van der Waals surface area contributed by atoms with Gasteiger partial charge in [-0.1, -0.05) is 12.1 Å². The number of methoxy groups -OCH3 is 1. The highest BCUT2D eigenvalue weighted by molar-refractivity contribution is 5.28. The highest BCUT2D eigenvalue weighted by atomic mass is 19.1. The Labute approximate surface area is 109 Å². The van der Waals surface area contributed by atoms with Gasteiger partial charge >= 0.3 is 5.69 Å². The van der Waals surface area contributed by atoms with Crippen molar-refractivity contribution in [1.82, 2.24) is 9.55 Å². The molecule has 0 aliphatic rings. The maximum atomic E-state index is 13.2. The molecule has 5 nitrogen and oxygen atoms in total. The van der Waals surface area contributed by atoms with Crippen LogP contribution in [-0.2, 0) is 13.0 Å². The standard InChI is InChI=1S/C13H14FN3O2/c1-19-10-4-2-9(3-5-10)6-7-17-8-11(14)12(15)16-13(17)18/h2-5,8H,6-7H2,1H3,(H2,15,16,18). The van der Waals surface area contributed by atoms with E-state index >= 15 is 0 Å². The first-order valence-electron chi connectivity index (χ1n) is 5.75. The zero-order valence-electron chi connectivity index (χ0n) is 10.5. The summed E-state index contributed by atoms with van der Waals surface area (Å²) in [5.41, 5.74) is 5.69. The molecule has 0 atom stereocenters. The first kappa shape index (κ1) is 13.1. The van der Waals surface area contributed by atoms with Gasteiger partial charge in [-0.15, -0.1) is 0 Å². The summed E-state index contributed by atoms with van der Waals surface area (Å²) in [4.78, 5) is 14.9. The molecule has 1 aromatic heterocycles. The van der Waals surface area contributed by atoms with Gasteiger partial charge in [-0.3, -0.25) is 4.57 Å². The van der Waals surface area contributed by atoms with Gasteiger partial charge in [0.2, 0.25) is 0 Å². The molecule has 0 aliphatic carbocycles. The summed E-state index contributed by atoms with van der Waals surface area (Å²) in [5.74, 6) is -0.291. The molecule has 0 radical (unpaired) electrons. The maximum absolute atomic E-state index is 13.2. The van der Waals surface area contributed by atoms with E-state index < -0.39 is 11.5 Å². The van der Waals surface area contributed by atoms with Gasteiger partial charge in [0.1, 0.15) is 5.75 Å². The summed E-state index contributed by atoms with van der Waals surface area (Å²) < 4.78 is 19.5. The molecule has 6 heteroatoms. The number of anilines is 1. The van der Waals surface area contributed by atoms with Gasteiger partial charge in [0.15, 0.2) is 11.6 Å². The molecular formula is C13H14FN3O2. The van der Waals surface area contributed by atoms with Crippen molar-refractivity contribution in [3.63, 3.8) is 0 Å². The van der Waals surface area contributed by atoms with Crippen LogP contribution in [0.5, 0.6) is 5.75 Å². The average molecular weight is 263 g/mol. The minimum atomic E-state index is -0.686. The Kier molecular flexibility index (Phi) is 3.79. The van der Waals surface area contributed by atoms with Crippen LogP contribution in [0.15, 0.2) is 35.3 Å². The number of benzene rings is 1. The third kappa shape index (κ3) is 3.09. The third-order valence-corrected chi connectivity index (χ3v) is 2.78. The van der Waals surface area contributed by atoms with Crippen LogP contribution in [0.3, 0.4) is 0 Å². The van der Waals surface area contributed by atoms with Crippen molar-refractivity contribution < 1.29 is 9.13 Å². The molecule has 19 heavy (non-hydrogen) atoms. The number of hydrogen-bond donors (Lipinski definition) is 1. The van der Waals surface area contributed by atoms with Crippen LogP contribution in [0.25, 0.3) is 0 Å². The quantitative estimate of drug-likeness (QED) is 0.900. The molecule has 0 bridgehead atoms. The number of nitrogens with two attached hydrogens (primary N) is 1. The number of aromatic nitrogens is 2. The zero-order chi connectivity index (χ0) is 13.8. The van der Waals surface area contributed by atoms with Crippen molar-refractivity contribution in [3.05, 3.63) is 52.3 Å². The number of nitrogens with zero attached hydrogens (tertiary/aromatic N) is 2. The molecule has 1 heterocycles. The molecule has 0 aliphatic heterocycles. The third-order valence-electron chi connectivity index (χ3n) is 2.78. The van der Waals surface area contributed by atoms with Gasteiger partial charge in [0.05, 0.1) is 7.11 Å². The first-order valence-corrected chi connectivity index (χ1v) is 5.75. The fourth-order valence-electron chi connectivity index (χ4n) is 1.68. The predicted molar refractivity (Wildman–Crippen MR) is 69.6 cm³/mol. The van der Waals surface area contributed by atoms with Gasteiger partial charge < -0.3 is 10.5 Å². The maximum Gasteiger partial charge on any atom is 0.349 e. The molecule has 0 spiro atoms. The molecule has 0 saturated heterocycles. The largest absolute Gasteiger partial charge is 0.497 e. The Balaban J connectivity index is 2.09. The van der Waals surface area contributed by atoms with Crippen molar-refractivity contribution in [2.24, 2.45) is 0 Å². The van der Waals surface area contributed by atoms with Crippen LogP contribution in [0, 0.1) is 5.82 Å². The smallest absolute Gasteiger partial charge is 0.349 e. The fourth-order valence-corrected chi connectivity index (χ4v) is 1.68. The second kappa shape index (κ2) is 5.51. The lowest BCUT2D eigenvalue weighted by Gasteiger charge is -2.06. The van der Waals surface area contributed by atoms with E-state index in [-0.39, 0.29) is 5.82 Å². The average Bonchev–Trinajstić information content (AvgIpc) is 2.42. The van der Waals surface area contributed by atoms with Crippen molar-refractivity contribution in [1.29, 1.82) is 0 Å². The lowest BCUT2D eigenvalue weighted by atomic mass is 10.1. The molecule has 0 amide bonds. The molecule has 1 aromatic carbocycles. The highest BCUT2D eigenvalue weighted by Gasteiger charge is 2.05. The van der Waals surface area contributed by atoms with Crippen molar-refractivity contribution >= 4 is 5.82 Å². The lowest BCUT2D eigenvalue weighted by molar-refractivity contribution is 0.414. The first-order chi connectivity index (χ1) is 9.10. The van der Waals surface area contributed by atoms with Crippen molar-refractivity contribution in [2.75, 3.05) is 12.8 Å². The SMILES string of the molecule is COc1ccc(CCn2cc(F)c(N)nc2=O)cc1. The fraction of sp³-hybridized carbons (Fsp3) is 0.231. The van der Waals surface area contributed by atoms with E-state index in [4.69, 9.17) is 10.5 Å². The Hall–Kier alpha value is -2.37. The van der Waals surface area contributed by atoms with E-state index in [1.807, 2.05) is 24.3 Å². The van der Waals surface area contributed by atoms with E-state index in [2.05, 4.69) is 4.98 Å². The minimum absolute atomic E-state index is 0.343. The normalized spacial score (nSPS) is 10.4. The van der Waals surface area contributed by atoms with Gasteiger partial charge in [-0.2, -0.15) is 4.98 Å². The topological polar surface area (TPSA) is 70.1 Å². The van der Waals surface area contributed by atoms with Gasteiger partial charge in [-0.05, 0) is 24.1 Å². The summed E-state index contributed by atoms with van der Waals surface area (Å²) in [7, 11) is 1.59. The van der Waals surface area contributed by atoms with Crippen LogP contribution >= 0.6 is 0 Å². The molecular weight excluding hydrogens is 249 g/mol. The van der Waals surface area contributed by atoms with E-state index in [0.29, 0.717) is 13.0 Å². The molecule has 2 aromatic rings. The molecule has 0 fully saturated rings. The molecule has 0 unspecified atom stereocenters. The van der Waals surface area contributed by atoms with E-state index in [9.17, 15) is 9.18 Å². The summed E-state index contributed by atoms with van der Waals surface area (Å²) in [6.07, 6.45) is 1.67. The van der Waals surface area contributed by atoms with E-state index in [1.165, 1.54) is 4.57 Å².